The number of nitrogens with one attached hydrogen (secondary N) is 2. The zero-order chi connectivity index (χ0) is 18.1. The molecule has 0 aromatic heterocycles. The van der Waals surface area contributed by atoms with E-state index in [1.165, 1.54) is 0 Å². The van der Waals surface area contributed by atoms with Crippen LogP contribution in [0.5, 0.6) is 17.2 Å². The van der Waals surface area contributed by atoms with Crippen molar-refractivity contribution in [2.45, 2.75) is 13.5 Å². The molecule has 0 spiro atoms. The van der Waals surface area contributed by atoms with Gasteiger partial charge in [-0.15, -0.1) is 0 Å². The number of rotatable bonds is 9. The van der Waals surface area contributed by atoms with Gasteiger partial charge in [0, 0.05) is 12.2 Å². The Bertz CT molecular complexity index is 686. The molecule has 0 unspecified atom stereocenters. The minimum atomic E-state index is -0.107. The SMILES string of the molecule is CCOc1ccc(NC(=O)CNCc2ccc(OC)c(OC)c2)cc1. The second-order valence-electron chi connectivity index (χ2n) is 5.30. The van der Waals surface area contributed by atoms with Crippen molar-refractivity contribution in [1.29, 1.82) is 0 Å². The molecule has 2 aromatic carbocycles. The molecule has 0 saturated heterocycles. The summed E-state index contributed by atoms with van der Waals surface area (Å²) < 4.78 is 15.8. The first-order valence-corrected chi connectivity index (χ1v) is 8.10. The summed E-state index contributed by atoms with van der Waals surface area (Å²) in [7, 11) is 3.19. The molecule has 0 radical (unpaired) electrons. The minimum absolute atomic E-state index is 0.107. The number of benzene rings is 2. The van der Waals surface area contributed by atoms with E-state index in [1.807, 2.05) is 49.4 Å². The highest BCUT2D eigenvalue weighted by atomic mass is 16.5. The number of methoxy groups -OCH3 is 2. The van der Waals surface area contributed by atoms with E-state index in [0.717, 1.165) is 17.0 Å². The molecule has 2 rings (SSSR count). The molecule has 0 fully saturated rings. The highest BCUT2D eigenvalue weighted by Gasteiger charge is 2.06. The lowest BCUT2D eigenvalue weighted by Gasteiger charge is -2.11. The number of carbonyl (C=O) groups excluding carboxylic acids is 1. The maximum absolute atomic E-state index is 12.0. The van der Waals surface area contributed by atoms with Crippen LogP contribution in [0.4, 0.5) is 5.69 Å². The Kier molecular flexibility index (Phi) is 7.10. The Hall–Kier alpha value is -2.73. The zero-order valence-corrected chi connectivity index (χ0v) is 14.8. The fourth-order valence-corrected chi connectivity index (χ4v) is 2.32. The Morgan fingerprint density at radius 3 is 2.36 bits per heavy atom. The van der Waals surface area contributed by atoms with Crippen LogP contribution in [0.3, 0.4) is 0 Å². The van der Waals surface area contributed by atoms with E-state index in [4.69, 9.17) is 14.2 Å². The molecule has 0 aliphatic carbocycles. The summed E-state index contributed by atoms with van der Waals surface area (Å²) in [6.07, 6.45) is 0. The maximum Gasteiger partial charge on any atom is 0.238 e. The first kappa shape index (κ1) is 18.6. The van der Waals surface area contributed by atoms with Crippen LogP contribution < -0.4 is 24.8 Å². The van der Waals surface area contributed by atoms with Crippen LogP contribution in [0.25, 0.3) is 0 Å². The molecule has 0 bridgehead atoms. The van der Waals surface area contributed by atoms with Crippen molar-refractivity contribution in [3.8, 4) is 17.2 Å². The largest absolute Gasteiger partial charge is 0.494 e. The van der Waals surface area contributed by atoms with E-state index in [2.05, 4.69) is 10.6 Å². The summed E-state index contributed by atoms with van der Waals surface area (Å²) in [5.41, 5.74) is 1.74. The smallest absolute Gasteiger partial charge is 0.238 e. The predicted molar refractivity (Wildman–Crippen MR) is 97.5 cm³/mol. The van der Waals surface area contributed by atoms with Crippen molar-refractivity contribution in [3.05, 3.63) is 48.0 Å². The molecule has 2 N–H and O–H groups in total. The normalized spacial score (nSPS) is 10.2. The molecular weight excluding hydrogens is 320 g/mol. The van der Waals surface area contributed by atoms with Crippen LogP contribution in [0.1, 0.15) is 12.5 Å². The molecular formula is C19H24N2O4. The molecule has 0 aliphatic heterocycles. The third-order valence-corrected chi connectivity index (χ3v) is 3.51. The van der Waals surface area contributed by atoms with Crippen molar-refractivity contribution in [2.75, 3.05) is 32.7 Å². The molecule has 134 valence electrons. The van der Waals surface area contributed by atoms with Crippen LogP contribution in [0.2, 0.25) is 0 Å². The molecule has 6 heteroatoms. The predicted octanol–water partition coefficient (Wildman–Crippen LogP) is 2.83. The molecule has 25 heavy (non-hydrogen) atoms. The summed E-state index contributed by atoms with van der Waals surface area (Å²) in [5.74, 6) is 2.02. The summed E-state index contributed by atoms with van der Waals surface area (Å²) >= 11 is 0. The monoisotopic (exact) mass is 344 g/mol. The Balaban J connectivity index is 1.80. The van der Waals surface area contributed by atoms with E-state index in [1.54, 1.807) is 14.2 Å². The quantitative estimate of drug-likeness (QED) is 0.732. The van der Waals surface area contributed by atoms with Crippen molar-refractivity contribution >= 4 is 11.6 Å². The number of hydrogen-bond donors (Lipinski definition) is 2. The minimum Gasteiger partial charge on any atom is -0.494 e. The standard InChI is InChI=1S/C19H24N2O4/c1-4-25-16-8-6-15(7-9-16)21-19(22)13-20-12-14-5-10-17(23-2)18(11-14)24-3/h5-11,20H,4,12-13H2,1-3H3,(H,21,22). The van der Waals surface area contributed by atoms with E-state index in [-0.39, 0.29) is 12.5 Å². The van der Waals surface area contributed by atoms with Crippen LogP contribution >= 0.6 is 0 Å². The van der Waals surface area contributed by atoms with E-state index in [9.17, 15) is 4.79 Å². The average Bonchev–Trinajstić information content (AvgIpc) is 2.63. The second-order valence-corrected chi connectivity index (χ2v) is 5.30. The van der Waals surface area contributed by atoms with E-state index in [0.29, 0.717) is 24.7 Å². The van der Waals surface area contributed by atoms with Gasteiger partial charge in [0.05, 0.1) is 27.4 Å². The molecule has 0 aliphatic rings. The van der Waals surface area contributed by atoms with Gasteiger partial charge in [0.15, 0.2) is 11.5 Å². The van der Waals surface area contributed by atoms with Crippen LogP contribution in [-0.4, -0.2) is 33.3 Å². The Morgan fingerprint density at radius 1 is 1.00 bits per heavy atom. The number of ether oxygens (including phenoxy) is 3. The third kappa shape index (κ3) is 5.69. The van der Waals surface area contributed by atoms with Gasteiger partial charge in [0.1, 0.15) is 5.75 Å². The van der Waals surface area contributed by atoms with Gasteiger partial charge in [-0.25, -0.2) is 0 Å². The maximum atomic E-state index is 12.0. The van der Waals surface area contributed by atoms with Gasteiger partial charge in [0.25, 0.3) is 0 Å². The van der Waals surface area contributed by atoms with Gasteiger partial charge < -0.3 is 24.8 Å². The molecule has 2 aromatic rings. The number of amides is 1. The molecule has 6 nitrogen and oxygen atoms in total. The number of carbonyl (C=O) groups is 1. The first-order valence-electron chi connectivity index (χ1n) is 8.10. The fourth-order valence-electron chi connectivity index (χ4n) is 2.32. The van der Waals surface area contributed by atoms with Gasteiger partial charge in [-0.1, -0.05) is 6.07 Å². The van der Waals surface area contributed by atoms with Crippen LogP contribution in [0, 0.1) is 0 Å². The van der Waals surface area contributed by atoms with Crippen molar-refractivity contribution in [2.24, 2.45) is 0 Å². The fraction of sp³-hybridized carbons (Fsp3) is 0.316. The second kappa shape index (κ2) is 9.54. The van der Waals surface area contributed by atoms with Gasteiger partial charge in [-0.05, 0) is 48.9 Å². The van der Waals surface area contributed by atoms with E-state index < -0.39 is 0 Å². The van der Waals surface area contributed by atoms with Gasteiger partial charge >= 0.3 is 0 Å². The zero-order valence-electron chi connectivity index (χ0n) is 14.8. The summed E-state index contributed by atoms with van der Waals surface area (Å²) in [6, 6.07) is 12.9. The lowest BCUT2D eigenvalue weighted by molar-refractivity contribution is -0.115. The van der Waals surface area contributed by atoms with Gasteiger partial charge in [-0.3, -0.25) is 4.79 Å². The average molecular weight is 344 g/mol. The number of anilines is 1. The Morgan fingerprint density at radius 2 is 1.72 bits per heavy atom. The summed E-state index contributed by atoms with van der Waals surface area (Å²) in [4.78, 5) is 12.0. The van der Waals surface area contributed by atoms with E-state index >= 15 is 0 Å². The summed E-state index contributed by atoms with van der Waals surface area (Å²) in [5, 5.41) is 5.95. The lowest BCUT2D eigenvalue weighted by atomic mass is 10.2. The molecule has 1 amide bonds. The van der Waals surface area contributed by atoms with Crippen molar-refractivity contribution in [1.82, 2.24) is 5.32 Å². The summed E-state index contributed by atoms with van der Waals surface area (Å²) in [6.45, 7) is 3.31. The van der Waals surface area contributed by atoms with Crippen LogP contribution in [-0.2, 0) is 11.3 Å². The molecule has 0 heterocycles. The van der Waals surface area contributed by atoms with Crippen LogP contribution in [0.15, 0.2) is 42.5 Å². The van der Waals surface area contributed by atoms with Crippen molar-refractivity contribution < 1.29 is 19.0 Å². The van der Waals surface area contributed by atoms with Gasteiger partial charge in [0.2, 0.25) is 5.91 Å². The molecule has 0 atom stereocenters. The van der Waals surface area contributed by atoms with Crippen molar-refractivity contribution in [3.63, 3.8) is 0 Å². The Labute approximate surface area is 148 Å². The lowest BCUT2D eigenvalue weighted by Crippen LogP contribution is -2.27. The van der Waals surface area contributed by atoms with Gasteiger partial charge in [-0.2, -0.15) is 0 Å². The number of hydrogen-bond acceptors (Lipinski definition) is 5. The first-order chi connectivity index (χ1) is 12.2. The third-order valence-electron chi connectivity index (χ3n) is 3.51. The topological polar surface area (TPSA) is 68.8 Å². The molecule has 0 saturated carbocycles. The highest BCUT2D eigenvalue weighted by molar-refractivity contribution is 5.92. The highest BCUT2D eigenvalue weighted by Crippen LogP contribution is 2.27.